The van der Waals surface area contributed by atoms with Crippen molar-refractivity contribution < 1.29 is 23.6 Å². The molecule has 3 atom stereocenters. The summed E-state index contributed by atoms with van der Waals surface area (Å²) in [5.74, 6) is 3.94. The standard InChI is InChI=1S/C34H53N7O5/c1-22(2)30-37-32(46-38-30)39-15-11-25(12-16-39)23(3)13-17-44-26-18-24(4)31(35-19-26)40-20-27(36-33(43)45-34(5,6)7)28(21-40)41-14-9-8-10-29(41)42/h18-19,22-23,25,27-28H,8-17,20-21H2,1-7H3,(H,36,43)/t23-,27+,28-/m1/s1. The SMILES string of the molecule is Cc1cc(OCC[C@@H](C)C2CCN(c3nc(C(C)C)no3)CC2)cnc1N1C[C@H](NC(=O)OC(C)(C)C)[C@H](N2CCCCC2=O)C1. The summed E-state index contributed by atoms with van der Waals surface area (Å²) in [6.45, 7) is 18.4. The van der Waals surface area contributed by atoms with Crippen molar-refractivity contribution in [3.8, 4) is 5.75 Å². The second kappa shape index (κ2) is 14.5. The molecule has 0 radical (unpaired) electrons. The van der Waals surface area contributed by atoms with Gasteiger partial charge in [-0.05, 0) is 83.3 Å². The van der Waals surface area contributed by atoms with Crippen LogP contribution in [0.3, 0.4) is 0 Å². The zero-order valence-electron chi connectivity index (χ0n) is 28.8. The predicted molar refractivity (Wildman–Crippen MR) is 176 cm³/mol. The fourth-order valence-corrected chi connectivity index (χ4v) is 6.85. The molecule has 2 amide bonds. The number of aryl methyl sites for hydroxylation is 1. The Kier molecular flexibility index (Phi) is 10.6. The van der Waals surface area contributed by atoms with Crippen LogP contribution >= 0.6 is 0 Å². The molecule has 2 aromatic rings. The van der Waals surface area contributed by atoms with Gasteiger partial charge in [0.05, 0.1) is 24.9 Å². The van der Waals surface area contributed by atoms with Crippen LogP contribution in [0.1, 0.15) is 97.4 Å². The van der Waals surface area contributed by atoms with Crippen LogP contribution in [0.5, 0.6) is 5.75 Å². The first kappa shape index (κ1) is 33.8. The number of nitrogens with zero attached hydrogens (tertiary/aromatic N) is 6. The van der Waals surface area contributed by atoms with Gasteiger partial charge in [-0.1, -0.05) is 25.9 Å². The van der Waals surface area contributed by atoms with E-state index in [1.165, 1.54) is 0 Å². The number of nitrogens with one attached hydrogen (secondary N) is 1. The first-order valence-corrected chi connectivity index (χ1v) is 17.1. The fraction of sp³-hybridized carbons (Fsp3) is 0.735. The van der Waals surface area contributed by atoms with Gasteiger partial charge in [0.15, 0.2) is 5.82 Å². The van der Waals surface area contributed by atoms with Crippen LogP contribution in [0.25, 0.3) is 0 Å². The monoisotopic (exact) mass is 639 g/mol. The lowest BCUT2D eigenvalue weighted by Crippen LogP contribution is -2.54. The highest BCUT2D eigenvalue weighted by molar-refractivity contribution is 5.78. The van der Waals surface area contributed by atoms with E-state index in [2.05, 4.69) is 46.0 Å². The van der Waals surface area contributed by atoms with Crippen molar-refractivity contribution in [3.63, 3.8) is 0 Å². The number of pyridine rings is 1. The number of ether oxygens (including phenoxy) is 2. The van der Waals surface area contributed by atoms with E-state index in [-0.39, 0.29) is 23.9 Å². The van der Waals surface area contributed by atoms with E-state index in [1.54, 1.807) is 6.20 Å². The Labute approximate surface area is 273 Å². The summed E-state index contributed by atoms with van der Waals surface area (Å²) in [5.41, 5.74) is 0.400. The molecule has 254 valence electrons. The maximum atomic E-state index is 12.9. The molecule has 46 heavy (non-hydrogen) atoms. The molecule has 0 aromatic carbocycles. The second-order valence-electron chi connectivity index (χ2n) is 14.6. The lowest BCUT2D eigenvalue weighted by Gasteiger charge is -2.35. The quantitative estimate of drug-likeness (QED) is 0.365. The summed E-state index contributed by atoms with van der Waals surface area (Å²) in [6, 6.07) is 2.28. The second-order valence-corrected chi connectivity index (χ2v) is 14.6. The highest BCUT2D eigenvalue weighted by atomic mass is 16.6. The van der Waals surface area contributed by atoms with Crippen molar-refractivity contribution >= 4 is 23.8 Å². The highest BCUT2D eigenvalue weighted by Gasteiger charge is 2.41. The molecule has 12 nitrogen and oxygen atoms in total. The minimum absolute atomic E-state index is 0.143. The molecule has 0 saturated carbocycles. The summed E-state index contributed by atoms with van der Waals surface area (Å²) in [7, 11) is 0. The van der Waals surface area contributed by atoms with Crippen molar-refractivity contribution in [2.75, 3.05) is 49.1 Å². The molecule has 5 heterocycles. The summed E-state index contributed by atoms with van der Waals surface area (Å²) in [6.07, 6.45) is 6.93. The van der Waals surface area contributed by atoms with Crippen molar-refractivity contribution in [3.05, 3.63) is 23.7 Å². The van der Waals surface area contributed by atoms with Gasteiger partial charge in [-0.15, -0.1) is 0 Å². The smallest absolute Gasteiger partial charge is 0.408 e. The van der Waals surface area contributed by atoms with E-state index in [0.29, 0.717) is 50.5 Å². The number of carbonyl (C=O) groups is 2. The number of carbonyl (C=O) groups excluding carboxylic acids is 2. The number of aromatic nitrogens is 3. The van der Waals surface area contributed by atoms with E-state index in [9.17, 15) is 9.59 Å². The lowest BCUT2D eigenvalue weighted by molar-refractivity contribution is -0.135. The molecule has 5 rings (SSSR count). The van der Waals surface area contributed by atoms with Gasteiger partial charge >= 0.3 is 12.1 Å². The van der Waals surface area contributed by atoms with Crippen LogP contribution in [-0.4, -0.2) is 89.0 Å². The van der Waals surface area contributed by atoms with Crippen LogP contribution in [0.2, 0.25) is 0 Å². The van der Waals surface area contributed by atoms with Crippen LogP contribution in [-0.2, 0) is 9.53 Å². The Hall–Kier alpha value is -3.57. The van der Waals surface area contributed by atoms with Crippen molar-refractivity contribution in [1.82, 2.24) is 25.3 Å². The number of hydrogen-bond acceptors (Lipinski definition) is 10. The minimum Gasteiger partial charge on any atom is -0.492 e. The molecule has 1 N–H and O–H groups in total. The predicted octanol–water partition coefficient (Wildman–Crippen LogP) is 5.31. The molecule has 3 aliphatic heterocycles. The van der Waals surface area contributed by atoms with E-state index in [4.69, 9.17) is 19.0 Å². The topological polar surface area (TPSA) is 126 Å². The lowest BCUT2D eigenvalue weighted by atomic mass is 9.84. The van der Waals surface area contributed by atoms with Crippen molar-refractivity contribution in [2.45, 2.75) is 111 Å². The third-order valence-corrected chi connectivity index (χ3v) is 9.48. The Balaban J connectivity index is 1.13. The number of likely N-dealkylation sites (tertiary alicyclic amines) is 1. The summed E-state index contributed by atoms with van der Waals surface area (Å²) in [5, 5.41) is 7.16. The van der Waals surface area contributed by atoms with Gasteiger partial charge < -0.3 is 34.0 Å². The Morgan fingerprint density at radius 2 is 1.87 bits per heavy atom. The number of amides is 2. The van der Waals surface area contributed by atoms with Crippen LogP contribution in [0, 0.1) is 18.8 Å². The number of hydrogen-bond donors (Lipinski definition) is 1. The molecule has 3 aliphatic rings. The maximum absolute atomic E-state index is 12.9. The third kappa shape index (κ3) is 8.41. The van der Waals surface area contributed by atoms with Gasteiger partial charge in [-0.2, -0.15) is 4.98 Å². The largest absolute Gasteiger partial charge is 0.492 e. The van der Waals surface area contributed by atoms with E-state index < -0.39 is 11.7 Å². The Morgan fingerprint density at radius 1 is 1.11 bits per heavy atom. The Morgan fingerprint density at radius 3 is 2.52 bits per heavy atom. The van der Waals surface area contributed by atoms with Gasteiger partial charge in [0, 0.05) is 45.1 Å². The van der Waals surface area contributed by atoms with Crippen LogP contribution in [0.4, 0.5) is 16.6 Å². The minimum atomic E-state index is -0.601. The summed E-state index contributed by atoms with van der Waals surface area (Å²) in [4.78, 5) is 41.3. The van der Waals surface area contributed by atoms with Gasteiger partial charge in [0.1, 0.15) is 17.2 Å². The van der Waals surface area contributed by atoms with Crippen LogP contribution < -0.4 is 19.9 Å². The molecule has 0 aliphatic carbocycles. The summed E-state index contributed by atoms with van der Waals surface area (Å²) < 4.78 is 17.2. The molecule has 3 saturated heterocycles. The van der Waals surface area contributed by atoms with Gasteiger partial charge in [-0.25, -0.2) is 9.78 Å². The maximum Gasteiger partial charge on any atom is 0.408 e. The fourth-order valence-electron chi connectivity index (χ4n) is 6.85. The first-order valence-electron chi connectivity index (χ1n) is 17.1. The molecule has 0 bridgehead atoms. The highest BCUT2D eigenvalue weighted by Crippen LogP contribution is 2.31. The molecular weight excluding hydrogens is 586 g/mol. The van der Waals surface area contributed by atoms with E-state index in [1.807, 2.05) is 38.7 Å². The molecule has 0 spiro atoms. The number of piperidine rings is 2. The Bertz CT molecular complexity index is 1330. The van der Waals surface area contributed by atoms with Crippen molar-refractivity contribution in [2.24, 2.45) is 11.8 Å². The molecule has 3 fully saturated rings. The third-order valence-electron chi connectivity index (χ3n) is 9.48. The van der Waals surface area contributed by atoms with Crippen molar-refractivity contribution in [1.29, 1.82) is 0 Å². The normalized spacial score (nSPS) is 22.0. The zero-order valence-corrected chi connectivity index (χ0v) is 28.8. The van der Waals surface area contributed by atoms with Gasteiger partial charge in [0.2, 0.25) is 5.91 Å². The zero-order chi connectivity index (χ0) is 33.0. The average molecular weight is 640 g/mol. The molecule has 12 heteroatoms. The number of anilines is 2. The van der Waals surface area contributed by atoms with Gasteiger partial charge in [-0.3, -0.25) is 4.79 Å². The number of rotatable bonds is 10. The van der Waals surface area contributed by atoms with Gasteiger partial charge in [0.25, 0.3) is 0 Å². The first-order chi connectivity index (χ1) is 21.9. The molecular formula is C34H53N7O5. The average Bonchev–Trinajstić information content (AvgIpc) is 3.65. The van der Waals surface area contributed by atoms with Crippen LogP contribution in [0.15, 0.2) is 16.8 Å². The molecule has 2 aromatic heterocycles. The number of alkyl carbamates (subject to hydrolysis) is 1. The van der Waals surface area contributed by atoms with E-state index >= 15 is 0 Å². The molecule has 0 unspecified atom stereocenters. The summed E-state index contributed by atoms with van der Waals surface area (Å²) >= 11 is 0. The van der Waals surface area contributed by atoms with E-state index in [0.717, 1.165) is 68.1 Å².